The van der Waals surface area contributed by atoms with Crippen molar-refractivity contribution in [3.8, 4) is 0 Å². The first-order chi connectivity index (χ1) is 10.8. The van der Waals surface area contributed by atoms with Crippen molar-refractivity contribution < 1.29 is 14.0 Å². The van der Waals surface area contributed by atoms with Gasteiger partial charge in [-0.3, -0.25) is 4.79 Å². The Morgan fingerprint density at radius 2 is 2.00 bits per heavy atom. The summed E-state index contributed by atoms with van der Waals surface area (Å²) in [4.78, 5) is 25.3. The lowest BCUT2D eigenvalue weighted by Crippen LogP contribution is -2.52. The van der Waals surface area contributed by atoms with Crippen LogP contribution in [0.15, 0.2) is 24.3 Å². The highest BCUT2D eigenvalue weighted by molar-refractivity contribution is 5.81. The molecule has 1 aromatic rings. The van der Waals surface area contributed by atoms with Crippen LogP contribution in [-0.2, 0) is 11.2 Å². The second kappa shape index (κ2) is 6.98. The van der Waals surface area contributed by atoms with Gasteiger partial charge in [0, 0.05) is 18.6 Å². The lowest BCUT2D eigenvalue weighted by atomic mass is 9.92. The zero-order valence-corrected chi connectivity index (χ0v) is 13.6. The lowest BCUT2D eigenvalue weighted by Gasteiger charge is -2.34. The van der Waals surface area contributed by atoms with Crippen molar-refractivity contribution in [3.63, 3.8) is 0 Å². The van der Waals surface area contributed by atoms with Gasteiger partial charge in [-0.15, -0.1) is 0 Å². The molecule has 1 unspecified atom stereocenters. The first-order valence-corrected chi connectivity index (χ1v) is 7.88. The third-order valence-corrected chi connectivity index (χ3v) is 4.12. The SMILES string of the molecule is CC(C)(Cc1ccc(F)cc1)NC(=O)C1CCCN(C(N)=O)C1. The van der Waals surface area contributed by atoms with Crippen molar-refractivity contribution in [2.75, 3.05) is 13.1 Å². The normalized spacial score (nSPS) is 18.6. The fraction of sp³-hybridized carbons (Fsp3) is 0.529. The summed E-state index contributed by atoms with van der Waals surface area (Å²) >= 11 is 0. The van der Waals surface area contributed by atoms with Crippen LogP contribution in [0, 0.1) is 11.7 Å². The highest BCUT2D eigenvalue weighted by Crippen LogP contribution is 2.19. The van der Waals surface area contributed by atoms with Crippen LogP contribution >= 0.6 is 0 Å². The number of rotatable bonds is 4. The number of likely N-dealkylation sites (tertiary alicyclic amines) is 1. The van der Waals surface area contributed by atoms with Gasteiger partial charge in [-0.1, -0.05) is 12.1 Å². The van der Waals surface area contributed by atoms with Gasteiger partial charge in [-0.05, 0) is 50.8 Å². The molecule has 1 aliphatic rings. The van der Waals surface area contributed by atoms with E-state index < -0.39 is 11.6 Å². The molecule has 0 radical (unpaired) electrons. The molecule has 0 bridgehead atoms. The van der Waals surface area contributed by atoms with E-state index in [9.17, 15) is 14.0 Å². The number of urea groups is 1. The van der Waals surface area contributed by atoms with E-state index in [1.807, 2.05) is 13.8 Å². The Hall–Kier alpha value is -2.11. The summed E-state index contributed by atoms with van der Waals surface area (Å²) in [5.74, 6) is -0.573. The van der Waals surface area contributed by atoms with E-state index in [1.54, 1.807) is 12.1 Å². The fourth-order valence-corrected chi connectivity index (χ4v) is 2.98. The maximum Gasteiger partial charge on any atom is 0.314 e. The Kier molecular flexibility index (Phi) is 5.23. The summed E-state index contributed by atoms with van der Waals surface area (Å²) in [6, 6.07) is 5.79. The number of carbonyl (C=O) groups is 2. The summed E-state index contributed by atoms with van der Waals surface area (Å²) in [5, 5.41) is 3.04. The Morgan fingerprint density at radius 1 is 1.35 bits per heavy atom. The molecule has 0 aliphatic carbocycles. The second-order valence-corrected chi connectivity index (χ2v) is 6.80. The van der Waals surface area contributed by atoms with Crippen LogP contribution in [0.3, 0.4) is 0 Å². The second-order valence-electron chi connectivity index (χ2n) is 6.80. The minimum atomic E-state index is -0.479. The number of hydrogen-bond acceptors (Lipinski definition) is 2. The first-order valence-electron chi connectivity index (χ1n) is 7.88. The van der Waals surface area contributed by atoms with E-state index in [1.165, 1.54) is 17.0 Å². The zero-order valence-electron chi connectivity index (χ0n) is 13.6. The average molecular weight is 321 g/mol. The Balaban J connectivity index is 1.94. The first kappa shape index (κ1) is 17.2. The molecule has 3 amide bonds. The molecule has 0 spiro atoms. The molecule has 1 atom stereocenters. The van der Waals surface area contributed by atoms with Crippen LogP contribution < -0.4 is 11.1 Å². The van der Waals surface area contributed by atoms with Gasteiger partial charge >= 0.3 is 6.03 Å². The Bertz CT molecular complexity index is 572. The van der Waals surface area contributed by atoms with Gasteiger partial charge in [-0.2, -0.15) is 0 Å². The number of nitrogens with one attached hydrogen (secondary N) is 1. The van der Waals surface area contributed by atoms with E-state index in [4.69, 9.17) is 5.73 Å². The number of carbonyl (C=O) groups excluding carboxylic acids is 2. The monoisotopic (exact) mass is 321 g/mol. The number of hydrogen-bond donors (Lipinski definition) is 2. The molecule has 0 aromatic heterocycles. The third-order valence-electron chi connectivity index (χ3n) is 4.12. The van der Waals surface area contributed by atoms with Gasteiger partial charge in [-0.25, -0.2) is 9.18 Å². The summed E-state index contributed by atoms with van der Waals surface area (Å²) in [6.07, 6.45) is 2.13. The predicted molar refractivity (Wildman–Crippen MR) is 86.2 cm³/mol. The number of halogens is 1. The lowest BCUT2D eigenvalue weighted by molar-refractivity contribution is -0.127. The molecule has 6 heteroatoms. The quantitative estimate of drug-likeness (QED) is 0.890. The fourth-order valence-electron chi connectivity index (χ4n) is 2.98. The molecule has 0 saturated carbocycles. The van der Waals surface area contributed by atoms with Crippen molar-refractivity contribution >= 4 is 11.9 Å². The number of benzene rings is 1. The summed E-state index contributed by atoms with van der Waals surface area (Å²) in [7, 11) is 0. The van der Waals surface area contributed by atoms with E-state index in [2.05, 4.69) is 5.32 Å². The van der Waals surface area contributed by atoms with Gasteiger partial charge in [0.2, 0.25) is 5.91 Å². The molecule has 126 valence electrons. The van der Waals surface area contributed by atoms with E-state index in [0.717, 1.165) is 18.4 Å². The molecule has 1 saturated heterocycles. The number of piperidine rings is 1. The van der Waals surface area contributed by atoms with Crippen LogP contribution in [-0.4, -0.2) is 35.5 Å². The molecule has 1 fully saturated rings. The minimum absolute atomic E-state index is 0.0666. The van der Waals surface area contributed by atoms with Crippen molar-refractivity contribution in [2.45, 2.75) is 38.6 Å². The van der Waals surface area contributed by atoms with Gasteiger partial charge < -0.3 is 16.0 Å². The molecule has 1 aliphatic heterocycles. The van der Waals surface area contributed by atoms with Crippen LogP contribution in [0.2, 0.25) is 0 Å². The maximum atomic E-state index is 13.0. The minimum Gasteiger partial charge on any atom is -0.351 e. The summed E-state index contributed by atoms with van der Waals surface area (Å²) in [6.45, 7) is 4.84. The molecular weight excluding hydrogens is 297 g/mol. The molecular formula is C17H24FN3O2. The van der Waals surface area contributed by atoms with Crippen LogP contribution in [0.5, 0.6) is 0 Å². The molecule has 2 rings (SSSR count). The van der Waals surface area contributed by atoms with Gasteiger partial charge in [0.25, 0.3) is 0 Å². The predicted octanol–water partition coefficient (Wildman–Crippen LogP) is 2.05. The number of nitrogens with zero attached hydrogens (tertiary/aromatic N) is 1. The zero-order chi connectivity index (χ0) is 17.0. The smallest absolute Gasteiger partial charge is 0.314 e. The van der Waals surface area contributed by atoms with Crippen molar-refractivity contribution in [3.05, 3.63) is 35.6 Å². The van der Waals surface area contributed by atoms with Gasteiger partial charge in [0.1, 0.15) is 5.82 Å². The molecule has 23 heavy (non-hydrogen) atoms. The topological polar surface area (TPSA) is 75.4 Å². The van der Waals surface area contributed by atoms with E-state index in [0.29, 0.717) is 19.5 Å². The van der Waals surface area contributed by atoms with Crippen molar-refractivity contribution in [1.29, 1.82) is 0 Å². The van der Waals surface area contributed by atoms with Crippen molar-refractivity contribution in [1.82, 2.24) is 10.2 Å². The third kappa shape index (κ3) is 4.94. The summed E-state index contributed by atoms with van der Waals surface area (Å²) in [5.41, 5.74) is 5.80. The van der Waals surface area contributed by atoms with Crippen LogP contribution in [0.1, 0.15) is 32.3 Å². The van der Waals surface area contributed by atoms with Gasteiger partial charge in [0.05, 0.1) is 5.92 Å². The Morgan fingerprint density at radius 3 is 2.61 bits per heavy atom. The molecule has 1 aromatic carbocycles. The number of primary amides is 1. The summed E-state index contributed by atoms with van der Waals surface area (Å²) < 4.78 is 13.0. The van der Waals surface area contributed by atoms with Crippen molar-refractivity contribution in [2.24, 2.45) is 11.7 Å². The molecule has 1 heterocycles. The highest BCUT2D eigenvalue weighted by atomic mass is 19.1. The van der Waals surface area contributed by atoms with Crippen LogP contribution in [0.4, 0.5) is 9.18 Å². The number of amides is 3. The maximum absolute atomic E-state index is 13.0. The molecule has 5 nitrogen and oxygen atoms in total. The van der Waals surface area contributed by atoms with Gasteiger partial charge in [0.15, 0.2) is 0 Å². The standard InChI is InChI=1S/C17H24FN3O2/c1-17(2,10-12-5-7-14(18)8-6-12)20-15(22)13-4-3-9-21(11-13)16(19)23/h5-8,13H,3-4,9-11H2,1-2H3,(H2,19,23)(H,20,22). The van der Waals surface area contributed by atoms with Crippen LogP contribution in [0.25, 0.3) is 0 Å². The molecule has 3 N–H and O–H groups in total. The largest absolute Gasteiger partial charge is 0.351 e. The highest BCUT2D eigenvalue weighted by Gasteiger charge is 2.30. The van der Waals surface area contributed by atoms with E-state index >= 15 is 0 Å². The number of nitrogens with two attached hydrogens (primary N) is 1. The average Bonchev–Trinajstić information content (AvgIpc) is 2.49. The Labute approximate surface area is 136 Å². The van der Waals surface area contributed by atoms with E-state index in [-0.39, 0.29) is 17.6 Å².